The Kier molecular flexibility index (Phi) is 2.68. The molecule has 0 aromatic carbocycles. The zero-order valence-corrected chi connectivity index (χ0v) is 8.61. The molecule has 8 heteroatoms. The fourth-order valence-corrected chi connectivity index (χ4v) is 1.52. The molecule has 0 spiro atoms. The number of esters is 1. The maximum Gasteiger partial charge on any atom is 0.361 e. The van der Waals surface area contributed by atoms with Crippen molar-refractivity contribution in [2.24, 2.45) is 0 Å². The summed E-state index contributed by atoms with van der Waals surface area (Å²) >= 11 is 1.14. The van der Waals surface area contributed by atoms with Gasteiger partial charge in [-0.05, 0) is 18.5 Å². The number of rotatable bonds is 3. The number of nitrogens with one attached hydrogen (secondary N) is 1. The van der Waals surface area contributed by atoms with Gasteiger partial charge in [-0.2, -0.15) is 10.3 Å². The van der Waals surface area contributed by atoms with Gasteiger partial charge in [0.05, 0.1) is 17.7 Å². The Morgan fingerprint density at radius 1 is 1.60 bits per heavy atom. The zero-order chi connectivity index (χ0) is 10.7. The number of carbonyl (C=O) groups excluding carboxylic acids is 1. The predicted molar refractivity (Wildman–Crippen MR) is 51.2 cm³/mol. The molecule has 0 radical (unpaired) electrons. The molecule has 0 aliphatic rings. The molecule has 2 rings (SSSR count). The summed E-state index contributed by atoms with van der Waals surface area (Å²) in [6.07, 6.45) is 1.52. The molecule has 2 aromatic heterocycles. The summed E-state index contributed by atoms with van der Waals surface area (Å²) in [5.41, 5.74) is 0.575. The first-order chi connectivity index (χ1) is 7.33. The van der Waals surface area contributed by atoms with Crippen LogP contribution in [0, 0.1) is 0 Å². The molecule has 0 bridgehead atoms. The van der Waals surface area contributed by atoms with Gasteiger partial charge in [-0.25, -0.2) is 4.79 Å². The van der Waals surface area contributed by atoms with Gasteiger partial charge in [0.25, 0.3) is 0 Å². The van der Waals surface area contributed by atoms with Gasteiger partial charge in [-0.1, -0.05) is 4.49 Å². The van der Waals surface area contributed by atoms with Gasteiger partial charge < -0.3 is 4.74 Å². The number of hydrogen-bond donors (Lipinski definition) is 1. The molecular weight excluding hydrogens is 218 g/mol. The van der Waals surface area contributed by atoms with E-state index in [2.05, 4.69) is 25.0 Å². The van der Waals surface area contributed by atoms with Crippen LogP contribution in [-0.4, -0.2) is 37.6 Å². The fraction of sp³-hybridized carbons (Fsp3) is 0.286. The molecule has 0 aliphatic carbocycles. The van der Waals surface area contributed by atoms with Crippen LogP contribution in [0.4, 0.5) is 0 Å². The lowest BCUT2D eigenvalue weighted by atomic mass is 10.3. The van der Waals surface area contributed by atoms with Crippen molar-refractivity contribution in [2.75, 3.05) is 6.61 Å². The Morgan fingerprint density at radius 3 is 3.13 bits per heavy atom. The molecule has 78 valence electrons. The van der Waals surface area contributed by atoms with Gasteiger partial charge in [0.1, 0.15) is 5.69 Å². The van der Waals surface area contributed by atoms with Gasteiger partial charge in [0.2, 0.25) is 0 Å². The predicted octanol–water partition coefficient (Wildman–Crippen LogP) is 0.500. The van der Waals surface area contributed by atoms with E-state index < -0.39 is 5.97 Å². The average molecular weight is 225 g/mol. The number of carbonyl (C=O) groups is 1. The lowest BCUT2D eigenvalue weighted by molar-refractivity contribution is 0.0520. The van der Waals surface area contributed by atoms with E-state index in [0.717, 1.165) is 11.5 Å². The Balaban J connectivity index is 2.34. The van der Waals surface area contributed by atoms with Crippen LogP contribution in [0.1, 0.15) is 17.4 Å². The first kappa shape index (κ1) is 9.71. The van der Waals surface area contributed by atoms with Gasteiger partial charge in [0.15, 0.2) is 5.69 Å². The van der Waals surface area contributed by atoms with Crippen molar-refractivity contribution in [3.63, 3.8) is 0 Å². The minimum absolute atomic E-state index is 0.155. The summed E-state index contributed by atoms with van der Waals surface area (Å²) < 4.78 is 8.51. The van der Waals surface area contributed by atoms with E-state index in [1.807, 2.05) is 0 Å². The van der Waals surface area contributed by atoms with Gasteiger partial charge in [-0.3, -0.25) is 0 Å². The summed E-state index contributed by atoms with van der Waals surface area (Å²) in [7, 11) is 0. The largest absolute Gasteiger partial charge is 0.461 e. The lowest BCUT2D eigenvalue weighted by Crippen LogP contribution is -2.06. The van der Waals surface area contributed by atoms with Gasteiger partial charge in [0, 0.05) is 0 Å². The first-order valence-corrected chi connectivity index (χ1v) is 4.96. The average Bonchev–Trinajstić information content (AvgIpc) is 2.88. The maximum atomic E-state index is 11.4. The number of H-pyrrole nitrogens is 1. The number of aromatic amines is 1. The number of ether oxygens (including phenoxy) is 1. The summed E-state index contributed by atoms with van der Waals surface area (Å²) in [6.45, 7) is 2.03. The Bertz CT molecular complexity index is 452. The third kappa shape index (κ3) is 1.84. The van der Waals surface area contributed by atoms with Crippen LogP contribution < -0.4 is 0 Å². The Morgan fingerprint density at radius 2 is 2.47 bits per heavy atom. The topological polar surface area (TPSA) is 93.7 Å². The van der Waals surface area contributed by atoms with E-state index in [-0.39, 0.29) is 5.69 Å². The second-order valence-corrected chi connectivity index (χ2v) is 3.31. The van der Waals surface area contributed by atoms with Crippen molar-refractivity contribution in [2.45, 2.75) is 6.92 Å². The molecule has 0 atom stereocenters. The minimum atomic E-state index is -0.505. The highest BCUT2D eigenvalue weighted by Gasteiger charge is 2.20. The van der Waals surface area contributed by atoms with Crippen LogP contribution in [0.15, 0.2) is 6.20 Å². The fourth-order valence-electron chi connectivity index (χ4n) is 1.02. The molecule has 0 amide bonds. The highest BCUT2D eigenvalue weighted by atomic mass is 32.1. The summed E-state index contributed by atoms with van der Waals surface area (Å²) in [5.74, 6) is -0.505. The third-order valence-electron chi connectivity index (χ3n) is 1.61. The molecule has 0 fully saturated rings. The molecule has 0 aliphatic heterocycles. The van der Waals surface area contributed by atoms with Crippen LogP contribution in [0.25, 0.3) is 10.6 Å². The molecular formula is C7H7N5O2S. The smallest absolute Gasteiger partial charge is 0.361 e. The van der Waals surface area contributed by atoms with Crippen LogP contribution in [-0.2, 0) is 4.74 Å². The van der Waals surface area contributed by atoms with Crippen LogP contribution in [0.5, 0.6) is 0 Å². The third-order valence-corrected chi connectivity index (χ3v) is 2.28. The van der Waals surface area contributed by atoms with Crippen molar-refractivity contribution in [3.05, 3.63) is 11.9 Å². The Labute approximate surface area is 88.6 Å². The van der Waals surface area contributed by atoms with Crippen molar-refractivity contribution >= 4 is 17.5 Å². The maximum absolute atomic E-state index is 11.4. The monoisotopic (exact) mass is 225 g/mol. The van der Waals surface area contributed by atoms with Crippen LogP contribution in [0.2, 0.25) is 0 Å². The normalized spacial score (nSPS) is 10.2. The number of aromatic nitrogens is 5. The summed E-state index contributed by atoms with van der Waals surface area (Å²) in [5, 5.41) is 13.6. The summed E-state index contributed by atoms with van der Waals surface area (Å²) in [6, 6.07) is 0. The van der Waals surface area contributed by atoms with Crippen molar-refractivity contribution in [1.29, 1.82) is 0 Å². The quantitative estimate of drug-likeness (QED) is 0.764. The molecule has 2 heterocycles. The van der Waals surface area contributed by atoms with Gasteiger partial charge in [-0.15, -0.1) is 10.2 Å². The van der Waals surface area contributed by atoms with E-state index in [9.17, 15) is 4.79 Å². The van der Waals surface area contributed by atoms with Crippen molar-refractivity contribution in [3.8, 4) is 10.6 Å². The number of hydrogen-bond acceptors (Lipinski definition) is 7. The lowest BCUT2D eigenvalue weighted by Gasteiger charge is -1.97. The summed E-state index contributed by atoms with van der Waals surface area (Å²) in [4.78, 5) is 12.1. The Hall–Kier alpha value is -1.83. The molecule has 1 N–H and O–H groups in total. The van der Waals surface area contributed by atoms with E-state index in [4.69, 9.17) is 4.74 Å². The molecule has 0 saturated carbocycles. The van der Waals surface area contributed by atoms with E-state index in [1.165, 1.54) is 6.20 Å². The molecule has 2 aromatic rings. The van der Waals surface area contributed by atoms with Crippen LogP contribution >= 0.6 is 11.5 Å². The molecule has 7 nitrogen and oxygen atoms in total. The standard InChI is InChI=1S/C7H7N5O2S/c1-2-14-7(13)6-5(9-11-10-6)4-3-8-12-15-4/h3H,2H2,1H3,(H,9,10,11). The van der Waals surface area contributed by atoms with E-state index >= 15 is 0 Å². The number of nitrogens with zero attached hydrogens (tertiary/aromatic N) is 4. The highest BCUT2D eigenvalue weighted by Crippen LogP contribution is 2.21. The second kappa shape index (κ2) is 4.13. The van der Waals surface area contributed by atoms with E-state index in [1.54, 1.807) is 6.92 Å². The minimum Gasteiger partial charge on any atom is -0.461 e. The molecule has 15 heavy (non-hydrogen) atoms. The first-order valence-electron chi connectivity index (χ1n) is 4.18. The molecule has 0 saturated heterocycles. The van der Waals surface area contributed by atoms with Crippen LogP contribution in [0.3, 0.4) is 0 Å². The van der Waals surface area contributed by atoms with E-state index in [0.29, 0.717) is 17.2 Å². The molecule has 0 unspecified atom stereocenters. The SMILES string of the molecule is CCOC(=O)c1n[nH]nc1-c1cnns1. The zero-order valence-electron chi connectivity index (χ0n) is 7.80. The highest BCUT2D eigenvalue weighted by molar-refractivity contribution is 7.09. The van der Waals surface area contributed by atoms with Crippen molar-refractivity contribution in [1.82, 2.24) is 25.0 Å². The second-order valence-electron chi connectivity index (χ2n) is 2.52. The van der Waals surface area contributed by atoms with Crippen molar-refractivity contribution < 1.29 is 9.53 Å². The van der Waals surface area contributed by atoms with Gasteiger partial charge >= 0.3 is 5.97 Å².